The molecule has 1 saturated carbocycles. The van der Waals surface area contributed by atoms with Gasteiger partial charge in [0.25, 0.3) is 5.91 Å². The minimum atomic E-state index is -0.860. The number of amides is 2. The van der Waals surface area contributed by atoms with Crippen molar-refractivity contribution in [3.63, 3.8) is 0 Å². The Balaban J connectivity index is 1.47. The van der Waals surface area contributed by atoms with E-state index in [1.807, 2.05) is 13.0 Å². The zero-order chi connectivity index (χ0) is 24.0. The molecule has 3 aromatic rings. The maximum atomic E-state index is 12.9. The van der Waals surface area contributed by atoms with E-state index in [1.165, 1.54) is 6.20 Å². The first kappa shape index (κ1) is 21.6. The number of aromatic nitrogens is 4. The predicted molar refractivity (Wildman–Crippen MR) is 122 cm³/mol. The zero-order valence-electron chi connectivity index (χ0n) is 18.9. The number of hydrogen-bond donors (Lipinski definition) is 2. The minimum Gasteiger partial charge on any atom is -0.481 e. The second-order valence-corrected chi connectivity index (χ2v) is 8.91. The van der Waals surface area contributed by atoms with E-state index in [1.54, 1.807) is 35.0 Å². The third kappa shape index (κ3) is 3.57. The van der Waals surface area contributed by atoms with Crippen LogP contribution in [0.3, 0.4) is 0 Å². The number of pyridine rings is 1. The highest BCUT2D eigenvalue weighted by Gasteiger charge is 2.54. The molecule has 34 heavy (non-hydrogen) atoms. The van der Waals surface area contributed by atoms with Gasteiger partial charge in [-0.1, -0.05) is 6.92 Å². The van der Waals surface area contributed by atoms with Crippen molar-refractivity contribution in [2.75, 3.05) is 25.5 Å². The van der Waals surface area contributed by atoms with Gasteiger partial charge in [-0.25, -0.2) is 14.5 Å². The number of ether oxygens (including phenoxy) is 1. The zero-order valence-corrected chi connectivity index (χ0v) is 18.9. The first-order valence-electron chi connectivity index (χ1n) is 11.0. The van der Waals surface area contributed by atoms with E-state index >= 15 is 0 Å². The largest absolute Gasteiger partial charge is 0.481 e. The predicted octanol–water partition coefficient (Wildman–Crippen LogP) is 1.46. The van der Waals surface area contributed by atoms with E-state index < -0.39 is 11.3 Å². The van der Waals surface area contributed by atoms with Gasteiger partial charge in [0.05, 0.1) is 42.5 Å². The van der Waals surface area contributed by atoms with Gasteiger partial charge in [0.15, 0.2) is 5.65 Å². The standard InChI is InChI=1S/C23H24N8O3/c1-13-9-30(22(33)23(12-24)5-6-23)10-16(13)28-19-15(20(25)32)8-27-31-11-17(29-21(19)31)14-3-4-18(34-2)26-7-14/h3-4,7-8,11,13,16,28H,5-6,9-10H2,1-2H3,(H2,25,32)/t13-,16-/m1/s1. The van der Waals surface area contributed by atoms with Gasteiger partial charge in [-0.15, -0.1) is 0 Å². The van der Waals surface area contributed by atoms with Crippen LogP contribution in [0.15, 0.2) is 30.7 Å². The third-order valence-electron chi connectivity index (χ3n) is 6.60. The molecule has 0 spiro atoms. The number of carbonyl (C=O) groups excluding carboxylic acids is 2. The number of nitrogens with two attached hydrogens (primary N) is 1. The average molecular weight is 460 g/mol. The Labute approximate surface area is 195 Å². The lowest BCUT2D eigenvalue weighted by Crippen LogP contribution is -2.36. The maximum Gasteiger partial charge on any atom is 0.252 e. The maximum absolute atomic E-state index is 12.9. The molecule has 0 unspecified atom stereocenters. The van der Waals surface area contributed by atoms with Crippen LogP contribution < -0.4 is 15.8 Å². The molecule has 2 atom stereocenters. The summed E-state index contributed by atoms with van der Waals surface area (Å²) in [4.78, 5) is 35.7. The summed E-state index contributed by atoms with van der Waals surface area (Å²) >= 11 is 0. The van der Waals surface area contributed by atoms with Crippen molar-refractivity contribution >= 4 is 23.1 Å². The molecule has 2 amide bonds. The molecule has 1 saturated heterocycles. The molecular formula is C23H24N8O3. The number of anilines is 1. The van der Waals surface area contributed by atoms with Crippen LogP contribution in [0.1, 0.15) is 30.1 Å². The highest BCUT2D eigenvalue weighted by atomic mass is 16.5. The van der Waals surface area contributed by atoms with Crippen LogP contribution in [0.5, 0.6) is 5.88 Å². The molecular weight excluding hydrogens is 436 g/mol. The van der Waals surface area contributed by atoms with Crippen molar-refractivity contribution < 1.29 is 14.3 Å². The summed E-state index contributed by atoms with van der Waals surface area (Å²) in [6.07, 6.45) is 6.02. The average Bonchev–Trinajstić information content (AvgIpc) is 3.39. The highest BCUT2D eigenvalue weighted by Crippen LogP contribution is 2.47. The van der Waals surface area contributed by atoms with Crippen LogP contribution >= 0.6 is 0 Å². The number of carbonyl (C=O) groups is 2. The summed E-state index contributed by atoms with van der Waals surface area (Å²) in [7, 11) is 1.55. The molecule has 0 aromatic carbocycles. The Hall–Kier alpha value is -4.20. The molecule has 11 nitrogen and oxygen atoms in total. The summed E-state index contributed by atoms with van der Waals surface area (Å²) in [6.45, 7) is 2.98. The molecule has 3 aromatic heterocycles. The van der Waals surface area contributed by atoms with Gasteiger partial charge in [-0.05, 0) is 24.8 Å². The highest BCUT2D eigenvalue weighted by molar-refractivity contribution is 6.01. The second kappa shape index (κ2) is 7.98. The third-order valence-corrected chi connectivity index (χ3v) is 6.60. The van der Waals surface area contributed by atoms with Crippen molar-refractivity contribution in [2.45, 2.75) is 25.8 Å². The Morgan fingerprint density at radius 3 is 2.71 bits per heavy atom. The van der Waals surface area contributed by atoms with E-state index in [-0.39, 0.29) is 23.4 Å². The molecule has 4 heterocycles. The summed E-state index contributed by atoms with van der Waals surface area (Å²) in [5.74, 6) is -0.167. The lowest BCUT2D eigenvalue weighted by atomic mass is 10.1. The lowest BCUT2D eigenvalue weighted by molar-refractivity contribution is -0.134. The van der Waals surface area contributed by atoms with Crippen LogP contribution in [0, 0.1) is 22.7 Å². The van der Waals surface area contributed by atoms with E-state index in [0.29, 0.717) is 48.8 Å². The number of hydrogen-bond acceptors (Lipinski definition) is 8. The van der Waals surface area contributed by atoms with E-state index in [4.69, 9.17) is 15.5 Å². The van der Waals surface area contributed by atoms with E-state index in [0.717, 1.165) is 5.56 Å². The number of fused-ring (bicyclic) bond motifs is 1. The van der Waals surface area contributed by atoms with Crippen LogP contribution in [-0.2, 0) is 4.79 Å². The number of nitrogens with zero attached hydrogens (tertiary/aromatic N) is 6. The smallest absolute Gasteiger partial charge is 0.252 e. The minimum absolute atomic E-state index is 0.0904. The first-order chi connectivity index (χ1) is 16.3. The molecule has 3 N–H and O–H groups in total. The SMILES string of the molecule is COc1ccc(-c2cn3ncc(C(N)=O)c(N[C@@H]4CN(C(=O)C5(C#N)CC5)C[C@H]4C)c3n2)cn1. The van der Waals surface area contributed by atoms with Gasteiger partial charge in [0.2, 0.25) is 11.8 Å². The van der Waals surface area contributed by atoms with E-state index in [2.05, 4.69) is 21.5 Å². The van der Waals surface area contributed by atoms with Crippen molar-refractivity contribution in [1.82, 2.24) is 24.5 Å². The number of rotatable bonds is 6. The summed E-state index contributed by atoms with van der Waals surface area (Å²) in [6, 6.07) is 5.60. The van der Waals surface area contributed by atoms with Gasteiger partial charge in [0, 0.05) is 37.0 Å². The molecule has 174 valence electrons. The molecule has 1 aliphatic heterocycles. The fourth-order valence-electron chi connectivity index (χ4n) is 4.36. The fraction of sp³-hybridized carbons (Fsp3) is 0.391. The first-order valence-corrected chi connectivity index (χ1v) is 11.0. The molecule has 1 aliphatic carbocycles. The number of nitriles is 1. The summed E-state index contributed by atoms with van der Waals surface area (Å²) < 4.78 is 6.69. The van der Waals surface area contributed by atoms with Crippen molar-refractivity contribution in [2.24, 2.45) is 17.1 Å². The summed E-state index contributed by atoms with van der Waals surface area (Å²) in [5, 5.41) is 17.1. The van der Waals surface area contributed by atoms with E-state index in [9.17, 15) is 14.9 Å². The Morgan fingerprint density at radius 1 is 1.29 bits per heavy atom. The van der Waals surface area contributed by atoms with Crippen LogP contribution in [0.2, 0.25) is 0 Å². The fourth-order valence-corrected chi connectivity index (χ4v) is 4.36. The van der Waals surface area contributed by atoms with Crippen LogP contribution in [0.4, 0.5) is 5.69 Å². The number of methoxy groups -OCH3 is 1. The summed E-state index contributed by atoms with van der Waals surface area (Å²) in [5.41, 5.74) is 7.27. The van der Waals surface area contributed by atoms with Gasteiger partial charge in [-0.3, -0.25) is 9.59 Å². The van der Waals surface area contributed by atoms with Crippen LogP contribution in [0.25, 0.3) is 16.9 Å². The van der Waals surface area contributed by atoms with Crippen molar-refractivity contribution in [1.29, 1.82) is 5.26 Å². The van der Waals surface area contributed by atoms with Crippen LogP contribution in [-0.4, -0.2) is 62.5 Å². The number of nitrogens with one attached hydrogen (secondary N) is 1. The molecule has 2 aliphatic rings. The normalized spacial score (nSPS) is 20.7. The molecule has 0 bridgehead atoms. The van der Waals surface area contributed by atoms with Gasteiger partial charge in [-0.2, -0.15) is 10.4 Å². The molecule has 0 radical (unpaired) electrons. The monoisotopic (exact) mass is 460 g/mol. The molecule has 2 fully saturated rings. The Morgan fingerprint density at radius 2 is 2.09 bits per heavy atom. The number of primary amides is 1. The number of likely N-dealkylation sites (tertiary alicyclic amines) is 1. The number of imidazole rings is 1. The van der Waals surface area contributed by atoms with Gasteiger partial charge in [0.1, 0.15) is 5.41 Å². The van der Waals surface area contributed by atoms with Gasteiger partial charge < -0.3 is 20.7 Å². The Kier molecular flexibility index (Phi) is 5.08. The van der Waals surface area contributed by atoms with Crippen molar-refractivity contribution in [3.8, 4) is 23.2 Å². The molecule has 5 rings (SSSR count). The second-order valence-electron chi connectivity index (χ2n) is 8.91. The topological polar surface area (TPSA) is 152 Å². The molecule has 11 heteroatoms. The Bertz CT molecular complexity index is 1320. The van der Waals surface area contributed by atoms with Gasteiger partial charge >= 0.3 is 0 Å². The quantitative estimate of drug-likeness (QED) is 0.561. The lowest BCUT2D eigenvalue weighted by Gasteiger charge is -2.21. The van der Waals surface area contributed by atoms with Crippen molar-refractivity contribution in [3.05, 3.63) is 36.3 Å².